The van der Waals surface area contributed by atoms with Gasteiger partial charge in [-0.3, -0.25) is 0 Å². The Hall–Kier alpha value is -1.75. The van der Waals surface area contributed by atoms with Crippen molar-refractivity contribution in [3.05, 3.63) is 47.4 Å². The normalized spacial score (nSPS) is 10.2. The highest BCUT2D eigenvalue weighted by molar-refractivity contribution is 6.31. The fraction of sp³-hybridized carbons (Fsp3) is 0. The number of hydrogen-bond donors (Lipinski definition) is 1. The second-order valence-corrected chi connectivity index (χ2v) is 3.28. The molecule has 0 spiro atoms. The first-order valence-corrected chi connectivity index (χ1v) is 4.74. The Morgan fingerprint density at radius 1 is 1.06 bits per heavy atom. The zero-order chi connectivity index (χ0) is 11.5. The van der Waals surface area contributed by atoms with Gasteiger partial charge in [-0.25, -0.2) is 18.7 Å². The molecule has 16 heavy (non-hydrogen) atoms. The first kappa shape index (κ1) is 10.8. The summed E-state index contributed by atoms with van der Waals surface area (Å²) in [5, 5.41) is 2.50. The Labute approximate surface area is 95.1 Å². The molecule has 0 radical (unpaired) electrons. The molecule has 0 bridgehead atoms. The maximum Gasteiger partial charge on any atom is 0.171 e. The van der Waals surface area contributed by atoms with Gasteiger partial charge in [-0.2, -0.15) is 0 Å². The van der Waals surface area contributed by atoms with Crippen molar-refractivity contribution in [2.45, 2.75) is 0 Å². The van der Waals surface area contributed by atoms with Gasteiger partial charge in [0.1, 0.15) is 17.3 Å². The Kier molecular flexibility index (Phi) is 2.96. The SMILES string of the molecule is Fc1cccc(F)c1Nc1nccnc1Cl. The fourth-order valence-corrected chi connectivity index (χ4v) is 1.29. The lowest BCUT2D eigenvalue weighted by Crippen LogP contribution is -2.00. The quantitative estimate of drug-likeness (QED) is 0.878. The van der Waals surface area contributed by atoms with E-state index in [4.69, 9.17) is 11.6 Å². The second-order valence-electron chi connectivity index (χ2n) is 2.92. The molecule has 0 unspecified atom stereocenters. The van der Waals surface area contributed by atoms with E-state index in [2.05, 4.69) is 15.3 Å². The summed E-state index contributed by atoms with van der Waals surface area (Å²) < 4.78 is 26.5. The third kappa shape index (κ3) is 2.09. The van der Waals surface area contributed by atoms with Crippen LogP contribution < -0.4 is 5.32 Å². The number of nitrogens with one attached hydrogen (secondary N) is 1. The van der Waals surface area contributed by atoms with Crippen molar-refractivity contribution in [2.75, 3.05) is 5.32 Å². The summed E-state index contributed by atoms with van der Waals surface area (Å²) in [6.45, 7) is 0. The van der Waals surface area contributed by atoms with Crippen LogP contribution in [0, 0.1) is 11.6 Å². The number of aromatic nitrogens is 2. The monoisotopic (exact) mass is 241 g/mol. The molecule has 1 N–H and O–H groups in total. The minimum absolute atomic E-state index is 0.0464. The highest BCUT2D eigenvalue weighted by Crippen LogP contribution is 2.24. The van der Waals surface area contributed by atoms with Crippen molar-refractivity contribution in [3.63, 3.8) is 0 Å². The number of hydrogen-bond acceptors (Lipinski definition) is 3. The van der Waals surface area contributed by atoms with Crippen LogP contribution in [-0.2, 0) is 0 Å². The van der Waals surface area contributed by atoms with Crippen LogP contribution in [0.15, 0.2) is 30.6 Å². The lowest BCUT2D eigenvalue weighted by Gasteiger charge is -2.07. The minimum Gasteiger partial charge on any atom is -0.333 e. The minimum atomic E-state index is -0.721. The summed E-state index contributed by atoms with van der Waals surface area (Å²) in [5.41, 5.74) is -0.301. The van der Waals surface area contributed by atoms with Crippen LogP contribution in [0.2, 0.25) is 5.15 Å². The summed E-state index contributed by atoms with van der Waals surface area (Å²) in [7, 11) is 0. The zero-order valence-corrected chi connectivity index (χ0v) is 8.67. The molecule has 0 aliphatic heterocycles. The van der Waals surface area contributed by atoms with E-state index in [0.717, 1.165) is 12.1 Å². The Morgan fingerprint density at radius 2 is 1.69 bits per heavy atom. The van der Waals surface area contributed by atoms with E-state index in [1.807, 2.05) is 0 Å². The van der Waals surface area contributed by atoms with Gasteiger partial charge in [0.15, 0.2) is 11.0 Å². The second kappa shape index (κ2) is 4.40. The first-order chi connectivity index (χ1) is 7.68. The molecule has 0 fully saturated rings. The summed E-state index contributed by atoms with van der Waals surface area (Å²) in [4.78, 5) is 7.55. The number of rotatable bonds is 2. The molecular formula is C10H6ClF2N3. The van der Waals surface area contributed by atoms with Gasteiger partial charge in [0.25, 0.3) is 0 Å². The van der Waals surface area contributed by atoms with Gasteiger partial charge in [-0.15, -0.1) is 0 Å². The smallest absolute Gasteiger partial charge is 0.171 e. The number of halogens is 3. The molecule has 0 amide bonds. The predicted octanol–water partition coefficient (Wildman–Crippen LogP) is 3.15. The molecule has 1 heterocycles. The topological polar surface area (TPSA) is 37.8 Å². The third-order valence-electron chi connectivity index (χ3n) is 1.86. The molecule has 3 nitrogen and oxygen atoms in total. The maximum absolute atomic E-state index is 13.3. The van der Waals surface area contributed by atoms with E-state index in [0.29, 0.717) is 0 Å². The van der Waals surface area contributed by atoms with Crippen LogP contribution in [0.4, 0.5) is 20.3 Å². The van der Waals surface area contributed by atoms with E-state index in [1.165, 1.54) is 18.5 Å². The van der Waals surface area contributed by atoms with Gasteiger partial charge < -0.3 is 5.32 Å². The predicted molar refractivity (Wildman–Crippen MR) is 56.7 cm³/mol. The Bertz CT molecular complexity index is 499. The van der Waals surface area contributed by atoms with Gasteiger partial charge in [0, 0.05) is 12.4 Å². The molecule has 1 aromatic carbocycles. The van der Waals surface area contributed by atoms with Gasteiger partial charge in [-0.05, 0) is 12.1 Å². The highest BCUT2D eigenvalue weighted by Gasteiger charge is 2.10. The fourth-order valence-electron chi connectivity index (χ4n) is 1.14. The molecule has 82 valence electrons. The molecule has 0 aliphatic carbocycles. The van der Waals surface area contributed by atoms with E-state index < -0.39 is 11.6 Å². The average molecular weight is 242 g/mol. The first-order valence-electron chi connectivity index (χ1n) is 4.36. The molecule has 2 aromatic rings. The number of anilines is 2. The molecule has 0 saturated heterocycles. The number of para-hydroxylation sites is 1. The maximum atomic E-state index is 13.3. The van der Waals surface area contributed by atoms with Crippen LogP contribution in [0.1, 0.15) is 0 Å². The lowest BCUT2D eigenvalue weighted by atomic mass is 10.3. The summed E-state index contributed by atoms with van der Waals surface area (Å²) in [5.74, 6) is -1.34. The van der Waals surface area contributed by atoms with E-state index in [9.17, 15) is 8.78 Å². The largest absolute Gasteiger partial charge is 0.333 e. The third-order valence-corrected chi connectivity index (χ3v) is 2.14. The molecule has 0 aliphatic rings. The lowest BCUT2D eigenvalue weighted by molar-refractivity contribution is 0.590. The molecule has 1 aromatic heterocycles. The highest BCUT2D eigenvalue weighted by atomic mass is 35.5. The zero-order valence-electron chi connectivity index (χ0n) is 7.92. The van der Waals surface area contributed by atoms with Gasteiger partial charge in [-0.1, -0.05) is 17.7 Å². The molecular weight excluding hydrogens is 236 g/mol. The average Bonchev–Trinajstić information content (AvgIpc) is 2.26. The van der Waals surface area contributed by atoms with E-state index >= 15 is 0 Å². The standard InChI is InChI=1S/C10H6ClF2N3/c11-9-10(15-5-4-14-9)16-8-6(12)2-1-3-7(8)13/h1-5H,(H,15,16). The molecule has 0 atom stereocenters. The summed E-state index contributed by atoms with van der Waals surface area (Å²) in [6, 6.07) is 3.54. The van der Waals surface area contributed by atoms with Crippen LogP contribution >= 0.6 is 11.6 Å². The summed E-state index contributed by atoms with van der Waals surface area (Å²) in [6.07, 6.45) is 2.75. The number of nitrogens with zero attached hydrogens (tertiary/aromatic N) is 2. The van der Waals surface area contributed by atoms with Crippen molar-refractivity contribution >= 4 is 23.1 Å². The van der Waals surface area contributed by atoms with Crippen molar-refractivity contribution in [2.24, 2.45) is 0 Å². The van der Waals surface area contributed by atoms with Gasteiger partial charge >= 0.3 is 0 Å². The van der Waals surface area contributed by atoms with Crippen LogP contribution in [0.5, 0.6) is 0 Å². The van der Waals surface area contributed by atoms with Gasteiger partial charge in [0.2, 0.25) is 0 Å². The Balaban J connectivity index is 2.38. The number of benzene rings is 1. The molecule has 2 rings (SSSR count). The van der Waals surface area contributed by atoms with Crippen molar-refractivity contribution in [3.8, 4) is 0 Å². The molecule has 6 heteroatoms. The van der Waals surface area contributed by atoms with E-state index in [-0.39, 0.29) is 16.7 Å². The van der Waals surface area contributed by atoms with Gasteiger partial charge in [0.05, 0.1) is 0 Å². The van der Waals surface area contributed by atoms with Crippen LogP contribution in [0.25, 0.3) is 0 Å². The van der Waals surface area contributed by atoms with Crippen LogP contribution in [-0.4, -0.2) is 9.97 Å². The van der Waals surface area contributed by atoms with Crippen molar-refractivity contribution < 1.29 is 8.78 Å². The van der Waals surface area contributed by atoms with Crippen LogP contribution in [0.3, 0.4) is 0 Å². The summed E-state index contributed by atoms with van der Waals surface area (Å²) >= 11 is 5.70. The van der Waals surface area contributed by atoms with Crippen molar-refractivity contribution in [1.82, 2.24) is 9.97 Å². The van der Waals surface area contributed by atoms with E-state index in [1.54, 1.807) is 0 Å². The van der Waals surface area contributed by atoms with Crippen molar-refractivity contribution in [1.29, 1.82) is 0 Å². The Morgan fingerprint density at radius 3 is 2.31 bits per heavy atom. The molecule has 0 saturated carbocycles.